The van der Waals surface area contributed by atoms with E-state index in [-0.39, 0.29) is 24.4 Å². The number of likely N-dealkylation sites (N-methyl/N-ethyl adjacent to an activating group) is 1. The van der Waals surface area contributed by atoms with Crippen molar-refractivity contribution in [3.8, 4) is 5.75 Å². The van der Waals surface area contributed by atoms with E-state index in [0.717, 1.165) is 0 Å². The summed E-state index contributed by atoms with van der Waals surface area (Å²) in [5.41, 5.74) is 0. The van der Waals surface area contributed by atoms with Crippen LogP contribution in [0.5, 0.6) is 5.75 Å². The second-order valence-electron chi connectivity index (χ2n) is 5.29. The minimum atomic E-state index is -0.690. The van der Waals surface area contributed by atoms with Crippen molar-refractivity contribution in [1.82, 2.24) is 10.2 Å². The van der Waals surface area contributed by atoms with Crippen molar-refractivity contribution in [1.29, 1.82) is 0 Å². The van der Waals surface area contributed by atoms with Gasteiger partial charge in [-0.3, -0.25) is 9.59 Å². The third-order valence-electron chi connectivity index (χ3n) is 2.93. The third kappa shape index (κ3) is 5.93. The van der Waals surface area contributed by atoms with Crippen LogP contribution in [-0.2, 0) is 9.59 Å². The standard InChI is InChI=1S/C16H23ClN2O3/c1-5-19(10-15(20)18-11(2)3)16(21)12(4)22-14-8-6-7-13(17)9-14/h6-9,11-12H,5,10H2,1-4H3,(H,18,20). The summed E-state index contributed by atoms with van der Waals surface area (Å²) in [5.74, 6) is 0.109. The van der Waals surface area contributed by atoms with Gasteiger partial charge < -0.3 is 15.0 Å². The molecule has 1 N–H and O–H groups in total. The second-order valence-corrected chi connectivity index (χ2v) is 5.73. The molecule has 0 radical (unpaired) electrons. The smallest absolute Gasteiger partial charge is 0.263 e. The van der Waals surface area contributed by atoms with Crippen LogP contribution >= 0.6 is 11.6 Å². The molecule has 1 unspecified atom stereocenters. The second kappa shape index (κ2) is 8.63. The molecule has 22 heavy (non-hydrogen) atoms. The highest BCUT2D eigenvalue weighted by Gasteiger charge is 2.23. The fourth-order valence-electron chi connectivity index (χ4n) is 1.94. The van der Waals surface area contributed by atoms with E-state index >= 15 is 0 Å². The van der Waals surface area contributed by atoms with Crippen LogP contribution in [0.3, 0.4) is 0 Å². The monoisotopic (exact) mass is 326 g/mol. The highest BCUT2D eigenvalue weighted by Crippen LogP contribution is 2.18. The molecule has 1 atom stereocenters. The van der Waals surface area contributed by atoms with Gasteiger partial charge in [0.05, 0.1) is 6.54 Å². The molecule has 5 nitrogen and oxygen atoms in total. The third-order valence-corrected chi connectivity index (χ3v) is 3.17. The van der Waals surface area contributed by atoms with Crippen molar-refractivity contribution in [2.45, 2.75) is 39.8 Å². The van der Waals surface area contributed by atoms with Crippen LogP contribution in [0.15, 0.2) is 24.3 Å². The van der Waals surface area contributed by atoms with Gasteiger partial charge in [-0.2, -0.15) is 0 Å². The van der Waals surface area contributed by atoms with Crippen LogP contribution < -0.4 is 10.1 Å². The Kier molecular flexibility index (Phi) is 7.18. The van der Waals surface area contributed by atoms with Crippen molar-refractivity contribution in [3.63, 3.8) is 0 Å². The number of rotatable bonds is 7. The average Bonchev–Trinajstić information content (AvgIpc) is 2.43. The number of hydrogen-bond acceptors (Lipinski definition) is 3. The van der Waals surface area contributed by atoms with E-state index in [0.29, 0.717) is 17.3 Å². The van der Waals surface area contributed by atoms with Crippen molar-refractivity contribution >= 4 is 23.4 Å². The van der Waals surface area contributed by atoms with Crippen LogP contribution in [0.2, 0.25) is 5.02 Å². The first-order valence-corrected chi connectivity index (χ1v) is 7.71. The molecular weight excluding hydrogens is 304 g/mol. The molecule has 1 rings (SSSR count). The molecule has 0 fully saturated rings. The van der Waals surface area contributed by atoms with Crippen LogP contribution in [0, 0.1) is 0 Å². The zero-order valence-corrected chi connectivity index (χ0v) is 14.2. The number of nitrogens with zero attached hydrogens (tertiary/aromatic N) is 1. The number of benzene rings is 1. The number of carbonyl (C=O) groups excluding carboxylic acids is 2. The first-order chi connectivity index (χ1) is 10.3. The Morgan fingerprint density at radius 3 is 2.55 bits per heavy atom. The fraction of sp³-hybridized carbons (Fsp3) is 0.500. The van der Waals surface area contributed by atoms with Crippen LogP contribution in [-0.4, -0.2) is 41.9 Å². The molecule has 0 saturated carbocycles. The Morgan fingerprint density at radius 1 is 1.32 bits per heavy atom. The van der Waals surface area contributed by atoms with E-state index in [9.17, 15) is 9.59 Å². The molecule has 0 spiro atoms. The zero-order chi connectivity index (χ0) is 16.7. The summed E-state index contributed by atoms with van der Waals surface area (Å²) in [6.45, 7) is 7.70. The Hall–Kier alpha value is -1.75. The fourth-order valence-corrected chi connectivity index (χ4v) is 2.12. The van der Waals surface area contributed by atoms with E-state index in [2.05, 4.69) is 5.32 Å². The van der Waals surface area contributed by atoms with Gasteiger partial charge in [-0.25, -0.2) is 0 Å². The predicted molar refractivity (Wildman–Crippen MR) is 87.1 cm³/mol. The lowest BCUT2D eigenvalue weighted by molar-refractivity contribution is -0.141. The average molecular weight is 327 g/mol. The molecule has 0 aromatic heterocycles. The maximum atomic E-state index is 12.4. The normalized spacial score (nSPS) is 11.9. The van der Waals surface area contributed by atoms with Gasteiger partial charge in [-0.05, 0) is 45.9 Å². The van der Waals surface area contributed by atoms with Crippen LogP contribution in [0.1, 0.15) is 27.7 Å². The number of ether oxygens (including phenoxy) is 1. The minimum absolute atomic E-state index is 0.0246. The number of carbonyl (C=O) groups is 2. The minimum Gasteiger partial charge on any atom is -0.481 e. The van der Waals surface area contributed by atoms with E-state index in [1.807, 2.05) is 20.8 Å². The number of hydrogen-bond donors (Lipinski definition) is 1. The van der Waals surface area contributed by atoms with Crippen LogP contribution in [0.25, 0.3) is 0 Å². The molecular formula is C16H23ClN2O3. The summed E-state index contributed by atoms with van der Waals surface area (Å²) in [6, 6.07) is 6.91. The summed E-state index contributed by atoms with van der Waals surface area (Å²) in [5, 5.41) is 3.31. The Morgan fingerprint density at radius 2 is 2.00 bits per heavy atom. The predicted octanol–water partition coefficient (Wildman–Crippen LogP) is 2.48. The summed E-state index contributed by atoms with van der Waals surface area (Å²) in [4.78, 5) is 25.6. The number of halogens is 1. The Bertz CT molecular complexity index is 520. The molecule has 2 amide bonds. The van der Waals surface area contributed by atoms with Gasteiger partial charge in [0.15, 0.2) is 6.10 Å². The van der Waals surface area contributed by atoms with Crippen molar-refractivity contribution in [2.24, 2.45) is 0 Å². The largest absolute Gasteiger partial charge is 0.481 e. The summed E-state index contributed by atoms with van der Waals surface area (Å²) in [6.07, 6.45) is -0.690. The van der Waals surface area contributed by atoms with Gasteiger partial charge in [0.1, 0.15) is 5.75 Å². The van der Waals surface area contributed by atoms with Gasteiger partial charge in [0.2, 0.25) is 5.91 Å². The lowest BCUT2D eigenvalue weighted by Gasteiger charge is -2.24. The van der Waals surface area contributed by atoms with Gasteiger partial charge in [0.25, 0.3) is 5.91 Å². The number of amides is 2. The van der Waals surface area contributed by atoms with Crippen LogP contribution in [0.4, 0.5) is 0 Å². The molecule has 6 heteroatoms. The Labute approximate surface area is 136 Å². The van der Waals surface area contributed by atoms with Gasteiger partial charge in [-0.1, -0.05) is 17.7 Å². The molecule has 0 aliphatic heterocycles. The van der Waals surface area contributed by atoms with Gasteiger partial charge in [0, 0.05) is 17.6 Å². The topological polar surface area (TPSA) is 58.6 Å². The maximum Gasteiger partial charge on any atom is 0.263 e. The van der Waals surface area contributed by atoms with Gasteiger partial charge >= 0.3 is 0 Å². The van der Waals surface area contributed by atoms with Crippen molar-refractivity contribution in [2.75, 3.05) is 13.1 Å². The number of nitrogens with one attached hydrogen (secondary N) is 1. The molecule has 0 aliphatic carbocycles. The molecule has 1 aromatic carbocycles. The first-order valence-electron chi connectivity index (χ1n) is 7.33. The molecule has 0 heterocycles. The molecule has 0 aliphatic rings. The SMILES string of the molecule is CCN(CC(=O)NC(C)C)C(=O)C(C)Oc1cccc(Cl)c1. The van der Waals surface area contributed by atoms with E-state index in [4.69, 9.17) is 16.3 Å². The van der Waals surface area contributed by atoms with Crippen molar-refractivity contribution in [3.05, 3.63) is 29.3 Å². The van der Waals surface area contributed by atoms with E-state index < -0.39 is 6.10 Å². The zero-order valence-electron chi connectivity index (χ0n) is 13.4. The highest BCUT2D eigenvalue weighted by molar-refractivity contribution is 6.30. The lowest BCUT2D eigenvalue weighted by Crippen LogP contribution is -2.46. The summed E-state index contributed by atoms with van der Waals surface area (Å²) < 4.78 is 5.60. The van der Waals surface area contributed by atoms with E-state index in [1.165, 1.54) is 4.90 Å². The highest BCUT2D eigenvalue weighted by atomic mass is 35.5. The van der Waals surface area contributed by atoms with Crippen molar-refractivity contribution < 1.29 is 14.3 Å². The molecule has 122 valence electrons. The first kappa shape index (κ1) is 18.3. The maximum absolute atomic E-state index is 12.4. The molecule has 0 bridgehead atoms. The lowest BCUT2D eigenvalue weighted by atomic mass is 10.3. The summed E-state index contributed by atoms with van der Waals surface area (Å²) in [7, 11) is 0. The molecule has 1 aromatic rings. The summed E-state index contributed by atoms with van der Waals surface area (Å²) >= 11 is 5.89. The Balaban J connectivity index is 2.64. The van der Waals surface area contributed by atoms with Gasteiger partial charge in [-0.15, -0.1) is 0 Å². The van der Waals surface area contributed by atoms with E-state index in [1.54, 1.807) is 31.2 Å². The molecule has 0 saturated heterocycles. The quantitative estimate of drug-likeness (QED) is 0.837.